The number of nitrogens with zero attached hydrogens (tertiary/aromatic N) is 2. The van der Waals surface area contributed by atoms with Crippen LogP contribution in [0, 0.1) is 5.41 Å². The highest BCUT2D eigenvalue weighted by Gasteiger charge is 2.48. The zero-order chi connectivity index (χ0) is 17.9. The molecule has 1 aliphatic carbocycles. The fourth-order valence-corrected chi connectivity index (χ4v) is 3.20. The van der Waals surface area contributed by atoms with Gasteiger partial charge in [-0.05, 0) is 6.42 Å². The van der Waals surface area contributed by atoms with E-state index in [1.165, 1.54) is 0 Å². The number of aliphatic imine (C=N–C) groups is 1. The molecule has 0 amide bonds. The van der Waals surface area contributed by atoms with Crippen molar-refractivity contribution in [2.24, 2.45) is 10.4 Å². The van der Waals surface area contributed by atoms with E-state index in [4.69, 9.17) is 9.26 Å². The van der Waals surface area contributed by atoms with Crippen molar-refractivity contribution in [2.75, 3.05) is 14.2 Å². The molecule has 1 aromatic carbocycles. The van der Waals surface area contributed by atoms with Crippen LogP contribution in [0.5, 0.6) is 0 Å². The van der Waals surface area contributed by atoms with Gasteiger partial charge in [0.05, 0.1) is 12.6 Å². The molecule has 6 nitrogen and oxygen atoms in total. The molecule has 2 unspecified atom stereocenters. The van der Waals surface area contributed by atoms with Crippen LogP contribution < -0.4 is 10.6 Å². The minimum absolute atomic E-state index is 0. The molecule has 0 radical (unpaired) electrons. The first-order valence-corrected chi connectivity index (χ1v) is 8.55. The van der Waals surface area contributed by atoms with Crippen LogP contribution in [0.3, 0.4) is 0 Å². The molecular formula is C19H27IN4O2. The molecule has 0 aliphatic heterocycles. The lowest BCUT2D eigenvalue weighted by molar-refractivity contribution is -0.0922. The maximum atomic E-state index is 5.50. The van der Waals surface area contributed by atoms with E-state index >= 15 is 0 Å². The first kappa shape index (κ1) is 20.7. The van der Waals surface area contributed by atoms with Crippen LogP contribution in [0.2, 0.25) is 0 Å². The quantitative estimate of drug-likeness (QED) is 0.398. The Bertz CT molecular complexity index is 730. The number of benzene rings is 1. The minimum Gasteiger partial charge on any atom is -0.381 e. The first-order chi connectivity index (χ1) is 12.0. The van der Waals surface area contributed by atoms with Gasteiger partial charge >= 0.3 is 0 Å². The highest BCUT2D eigenvalue weighted by Crippen LogP contribution is 2.42. The van der Waals surface area contributed by atoms with Crippen LogP contribution in [-0.2, 0) is 11.3 Å². The summed E-state index contributed by atoms with van der Waals surface area (Å²) in [6.45, 7) is 4.94. The van der Waals surface area contributed by atoms with Gasteiger partial charge in [-0.15, -0.1) is 24.0 Å². The van der Waals surface area contributed by atoms with Gasteiger partial charge < -0.3 is 19.9 Å². The van der Waals surface area contributed by atoms with E-state index < -0.39 is 0 Å². The van der Waals surface area contributed by atoms with Gasteiger partial charge in [0.1, 0.15) is 5.69 Å². The molecule has 0 bridgehead atoms. The zero-order valence-corrected chi connectivity index (χ0v) is 18.0. The molecule has 1 fully saturated rings. The number of hydrogen-bond acceptors (Lipinski definition) is 4. The molecule has 1 heterocycles. The van der Waals surface area contributed by atoms with E-state index in [0.717, 1.165) is 29.4 Å². The number of halogens is 1. The predicted octanol–water partition coefficient (Wildman–Crippen LogP) is 3.44. The van der Waals surface area contributed by atoms with E-state index in [1.807, 2.05) is 36.4 Å². The Morgan fingerprint density at radius 2 is 2.08 bits per heavy atom. The SMILES string of the molecule is CN=C(NCc1cc(-c2ccccc2)no1)NC1CC(OC)C1(C)C.I. The maximum Gasteiger partial charge on any atom is 0.191 e. The second kappa shape index (κ2) is 8.85. The van der Waals surface area contributed by atoms with Crippen molar-refractivity contribution < 1.29 is 9.26 Å². The molecule has 2 aromatic rings. The predicted molar refractivity (Wildman–Crippen MR) is 114 cm³/mol. The second-order valence-corrected chi connectivity index (χ2v) is 6.95. The molecular weight excluding hydrogens is 443 g/mol. The van der Waals surface area contributed by atoms with E-state index in [0.29, 0.717) is 12.6 Å². The van der Waals surface area contributed by atoms with Gasteiger partial charge in [-0.1, -0.05) is 49.3 Å². The fraction of sp³-hybridized carbons (Fsp3) is 0.474. The lowest BCUT2D eigenvalue weighted by Gasteiger charge is -2.51. The van der Waals surface area contributed by atoms with Crippen molar-refractivity contribution in [3.05, 3.63) is 42.2 Å². The largest absolute Gasteiger partial charge is 0.381 e. The number of methoxy groups -OCH3 is 1. The molecule has 2 N–H and O–H groups in total. The average Bonchev–Trinajstić information content (AvgIpc) is 3.10. The van der Waals surface area contributed by atoms with Gasteiger partial charge in [0.2, 0.25) is 0 Å². The Balaban J connectivity index is 0.00000243. The summed E-state index contributed by atoms with van der Waals surface area (Å²) in [5.74, 6) is 1.52. The van der Waals surface area contributed by atoms with E-state index in [2.05, 4.69) is 34.6 Å². The standard InChI is InChI=1S/C19H26N4O2.HI/c1-19(2)16(11-17(19)24-4)22-18(20-3)21-12-14-10-15(23-25-14)13-8-6-5-7-9-13;/h5-10,16-17H,11-12H2,1-4H3,(H2,20,21,22);1H. The topological polar surface area (TPSA) is 71.7 Å². The molecule has 0 saturated heterocycles. The van der Waals surface area contributed by atoms with Gasteiger partial charge in [0, 0.05) is 37.2 Å². The molecule has 3 rings (SSSR count). The average molecular weight is 470 g/mol. The molecule has 26 heavy (non-hydrogen) atoms. The number of rotatable bonds is 5. The highest BCUT2D eigenvalue weighted by molar-refractivity contribution is 14.0. The van der Waals surface area contributed by atoms with Gasteiger partial charge in [0.25, 0.3) is 0 Å². The van der Waals surface area contributed by atoms with Gasteiger partial charge in [0.15, 0.2) is 11.7 Å². The van der Waals surface area contributed by atoms with Gasteiger partial charge in [-0.3, -0.25) is 4.99 Å². The Kier molecular flexibility index (Phi) is 7.05. The van der Waals surface area contributed by atoms with Crippen LogP contribution >= 0.6 is 24.0 Å². The Morgan fingerprint density at radius 1 is 1.35 bits per heavy atom. The van der Waals surface area contributed by atoms with Crippen molar-refractivity contribution in [3.63, 3.8) is 0 Å². The van der Waals surface area contributed by atoms with Crippen LogP contribution in [0.15, 0.2) is 45.9 Å². The number of guanidine groups is 1. The number of nitrogens with one attached hydrogen (secondary N) is 2. The number of aromatic nitrogens is 1. The van der Waals surface area contributed by atoms with Crippen LogP contribution in [0.1, 0.15) is 26.0 Å². The Morgan fingerprint density at radius 3 is 2.69 bits per heavy atom. The van der Waals surface area contributed by atoms with Crippen LogP contribution in [0.25, 0.3) is 11.3 Å². The summed E-state index contributed by atoms with van der Waals surface area (Å²) in [6, 6.07) is 12.3. The third-order valence-corrected chi connectivity index (χ3v) is 5.06. The lowest BCUT2D eigenvalue weighted by Crippen LogP contribution is -2.63. The summed E-state index contributed by atoms with van der Waals surface area (Å²) in [4.78, 5) is 4.30. The lowest BCUT2D eigenvalue weighted by atomic mass is 9.64. The molecule has 0 spiro atoms. The molecule has 2 atom stereocenters. The van der Waals surface area contributed by atoms with Crippen LogP contribution in [0.4, 0.5) is 0 Å². The van der Waals surface area contributed by atoms with Crippen molar-refractivity contribution in [2.45, 2.75) is 39.0 Å². The molecule has 1 aromatic heterocycles. The third-order valence-electron chi connectivity index (χ3n) is 5.06. The number of ether oxygens (including phenoxy) is 1. The van der Waals surface area contributed by atoms with Crippen molar-refractivity contribution in [3.8, 4) is 11.3 Å². The molecule has 1 saturated carbocycles. The second-order valence-electron chi connectivity index (χ2n) is 6.95. The van der Waals surface area contributed by atoms with E-state index in [9.17, 15) is 0 Å². The number of hydrogen-bond donors (Lipinski definition) is 2. The van der Waals surface area contributed by atoms with Crippen molar-refractivity contribution in [1.82, 2.24) is 15.8 Å². The smallest absolute Gasteiger partial charge is 0.191 e. The maximum absolute atomic E-state index is 5.50. The highest BCUT2D eigenvalue weighted by atomic mass is 127. The van der Waals surface area contributed by atoms with Gasteiger partial charge in [-0.25, -0.2) is 0 Å². The normalized spacial score (nSPS) is 21.5. The fourth-order valence-electron chi connectivity index (χ4n) is 3.20. The van der Waals surface area contributed by atoms with Gasteiger partial charge in [-0.2, -0.15) is 0 Å². The summed E-state index contributed by atoms with van der Waals surface area (Å²) in [7, 11) is 3.54. The summed E-state index contributed by atoms with van der Waals surface area (Å²) in [6.07, 6.45) is 1.26. The third kappa shape index (κ3) is 4.37. The Hall–Kier alpha value is -1.61. The summed E-state index contributed by atoms with van der Waals surface area (Å²) >= 11 is 0. The molecule has 142 valence electrons. The van der Waals surface area contributed by atoms with E-state index in [1.54, 1.807) is 14.2 Å². The Labute approximate surface area is 171 Å². The summed E-state index contributed by atoms with van der Waals surface area (Å²) < 4.78 is 10.9. The summed E-state index contributed by atoms with van der Waals surface area (Å²) in [5.41, 5.74) is 1.96. The zero-order valence-electron chi connectivity index (χ0n) is 15.7. The molecule has 7 heteroatoms. The molecule has 1 aliphatic rings. The summed E-state index contributed by atoms with van der Waals surface area (Å²) in [5, 5.41) is 10.9. The van der Waals surface area contributed by atoms with E-state index in [-0.39, 0.29) is 35.5 Å². The van der Waals surface area contributed by atoms with Crippen LogP contribution in [-0.4, -0.2) is 37.4 Å². The monoisotopic (exact) mass is 470 g/mol. The van der Waals surface area contributed by atoms with Crippen molar-refractivity contribution >= 4 is 29.9 Å². The first-order valence-electron chi connectivity index (χ1n) is 8.55. The minimum atomic E-state index is 0. The van der Waals surface area contributed by atoms with Crippen molar-refractivity contribution in [1.29, 1.82) is 0 Å².